The van der Waals surface area contributed by atoms with E-state index in [9.17, 15) is 53.0 Å². The van der Waals surface area contributed by atoms with E-state index >= 15 is 9.59 Å². The summed E-state index contributed by atoms with van der Waals surface area (Å²) in [4.78, 5) is 155. The Morgan fingerprint density at radius 2 is 1.28 bits per heavy atom. The summed E-state index contributed by atoms with van der Waals surface area (Å²) in [5, 5.41) is 42.4. The number of aromatic hydroxyl groups is 1. The molecular formula is C67H83FN14O12S2. The normalized spacial score (nSPS) is 22.5. The summed E-state index contributed by atoms with van der Waals surface area (Å²) in [7, 11) is 0. The van der Waals surface area contributed by atoms with E-state index in [1.165, 1.54) is 72.6 Å². The number of nitrogens with one attached hydrogen (secondary N) is 10. The third kappa shape index (κ3) is 21.3. The van der Waals surface area contributed by atoms with Gasteiger partial charge in [0, 0.05) is 104 Å². The molecular weight excluding hydrogens is 1280 g/mol. The number of amides is 9. The number of carbonyl (C=O) groups is 10. The number of thioether (sulfide) groups is 2. The number of aliphatic carboxylic acids is 1. The summed E-state index contributed by atoms with van der Waals surface area (Å²) in [6.07, 6.45) is 4.08. The zero-order chi connectivity index (χ0) is 68.7. The minimum absolute atomic E-state index is 0.0191. The molecule has 96 heavy (non-hydrogen) atoms. The van der Waals surface area contributed by atoms with Crippen molar-refractivity contribution in [1.82, 2.24) is 62.4 Å². The summed E-state index contributed by atoms with van der Waals surface area (Å²) >= 11 is 3.13. The first kappa shape index (κ1) is 72.5. The van der Waals surface area contributed by atoms with Crippen molar-refractivity contribution in [3.8, 4) is 5.75 Å². The Balaban J connectivity index is 1.13. The zero-order valence-electron chi connectivity index (χ0n) is 53.2. The van der Waals surface area contributed by atoms with Gasteiger partial charge in [0.1, 0.15) is 59.9 Å². The fourth-order valence-electron chi connectivity index (χ4n) is 11.4. The molecule has 2 aliphatic rings. The SMILES string of the molecule is C[C@H]1NC(=O)[C@H](CCCCN)NC(=O)CCSCc2cccc(c2)CSCCNC(=O)[C@@H]2CCCN2C(=O)[C@H](Cc2ccc(O)cc2)NC(=O)[C@H](Cc2cnc[nH]2)NC(=O)[C@H](CC(=O)O)NC(=O)[C@H](Cc2c[nH]c3ccc(F)cc23)NC(=O)[C@H](Cc2ccccc2CN)NC1=O. The van der Waals surface area contributed by atoms with Crippen molar-refractivity contribution < 1.29 is 62.5 Å². The van der Waals surface area contributed by atoms with E-state index in [-0.39, 0.29) is 57.5 Å². The number of benzene rings is 4. The monoisotopic (exact) mass is 1360 g/mol. The van der Waals surface area contributed by atoms with Crippen LogP contribution in [0.1, 0.15) is 90.9 Å². The van der Waals surface area contributed by atoms with Crippen LogP contribution in [0.25, 0.3) is 10.9 Å². The predicted octanol–water partition coefficient (Wildman–Crippen LogP) is 2.16. The van der Waals surface area contributed by atoms with Crippen molar-refractivity contribution in [3.05, 3.63) is 155 Å². The molecule has 8 rings (SSSR count). The van der Waals surface area contributed by atoms with Crippen LogP contribution in [0.2, 0.25) is 0 Å². The highest BCUT2D eigenvalue weighted by Crippen LogP contribution is 2.25. The Hall–Kier alpha value is -9.32. The number of carboxylic acid groups (broad SMARTS) is 1. The molecule has 8 atom stereocenters. The highest BCUT2D eigenvalue weighted by molar-refractivity contribution is 7.98. The Kier molecular flexibility index (Phi) is 27.2. The van der Waals surface area contributed by atoms with E-state index in [4.69, 9.17) is 11.5 Å². The minimum Gasteiger partial charge on any atom is -0.508 e. The molecule has 4 aromatic carbocycles. The van der Waals surface area contributed by atoms with Crippen LogP contribution < -0.4 is 54.0 Å². The van der Waals surface area contributed by atoms with Crippen LogP contribution in [-0.2, 0) is 91.7 Å². The molecule has 4 heterocycles. The Labute approximate surface area is 562 Å². The molecule has 0 unspecified atom stereocenters. The molecule has 2 aliphatic heterocycles. The van der Waals surface area contributed by atoms with Gasteiger partial charge in [-0.25, -0.2) is 9.37 Å². The molecule has 9 amide bonds. The number of fused-ring (bicyclic) bond motifs is 4. The number of carbonyl (C=O) groups excluding carboxylic acids is 9. The molecule has 0 saturated carbocycles. The summed E-state index contributed by atoms with van der Waals surface area (Å²) < 4.78 is 14.9. The number of unbranched alkanes of at least 4 members (excludes halogenated alkanes) is 1. The summed E-state index contributed by atoms with van der Waals surface area (Å²) in [5.74, 6) is -7.24. The number of nitrogens with two attached hydrogens (primary N) is 2. The highest BCUT2D eigenvalue weighted by atomic mass is 32.2. The van der Waals surface area contributed by atoms with E-state index in [0.717, 1.165) is 11.1 Å². The molecule has 0 radical (unpaired) electrons. The van der Waals surface area contributed by atoms with Crippen molar-refractivity contribution in [2.45, 2.75) is 144 Å². The quantitative estimate of drug-likeness (QED) is 0.0655. The van der Waals surface area contributed by atoms with Gasteiger partial charge in [0.25, 0.3) is 0 Å². The van der Waals surface area contributed by atoms with Crippen molar-refractivity contribution >= 4 is 93.6 Å². The molecule has 2 bridgehead atoms. The maximum atomic E-state index is 15.0. The second-order valence-corrected chi connectivity index (χ2v) is 25.9. The van der Waals surface area contributed by atoms with Gasteiger partial charge < -0.3 is 79.1 Å². The maximum Gasteiger partial charge on any atom is 0.305 e. The molecule has 6 aromatic rings. The first-order valence-corrected chi connectivity index (χ1v) is 34.2. The Morgan fingerprint density at radius 3 is 1.96 bits per heavy atom. The molecule has 1 saturated heterocycles. The fraction of sp³-hybridized carbons (Fsp3) is 0.418. The number of halogens is 1. The number of H-pyrrole nitrogens is 2. The van der Waals surface area contributed by atoms with Gasteiger partial charge >= 0.3 is 5.97 Å². The molecule has 0 spiro atoms. The van der Waals surface area contributed by atoms with E-state index in [2.05, 4.69) is 63.6 Å². The number of aromatic nitrogens is 3. The third-order valence-electron chi connectivity index (χ3n) is 16.5. The van der Waals surface area contributed by atoms with Crippen LogP contribution in [-0.4, -0.2) is 169 Å². The summed E-state index contributed by atoms with van der Waals surface area (Å²) in [6, 6.07) is 13.1. The number of imidazole rings is 1. The first-order valence-electron chi connectivity index (χ1n) is 31.9. The van der Waals surface area contributed by atoms with E-state index in [1.54, 1.807) is 48.2 Å². The van der Waals surface area contributed by atoms with Crippen molar-refractivity contribution in [3.63, 3.8) is 0 Å². The van der Waals surface area contributed by atoms with Crippen molar-refractivity contribution in [2.24, 2.45) is 11.5 Å². The van der Waals surface area contributed by atoms with Crippen LogP contribution in [0.15, 0.2) is 110 Å². The number of rotatable bonds is 15. The van der Waals surface area contributed by atoms with Gasteiger partial charge in [-0.1, -0.05) is 60.7 Å². The Bertz CT molecular complexity index is 3690. The number of aromatic amines is 2. The second kappa shape index (κ2) is 36.0. The van der Waals surface area contributed by atoms with Crippen LogP contribution in [0, 0.1) is 5.82 Å². The van der Waals surface area contributed by atoms with E-state index in [1.807, 2.05) is 18.2 Å². The average molecular weight is 1360 g/mol. The van der Waals surface area contributed by atoms with Crippen molar-refractivity contribution in [1.29, 1.82) is 0 Å². The number of phenols is 1. The van der Waals surface area contributed by atoms with Crippen LogP contribution in [0.5, 0.6) is 5.75 Å². The van der Waals surface area contributed by atoms with Gasteiger partial charge in [-0.3, -0.25) is 47.9 Å². The largest absolute Gasteiger partial charge is 0.508 e. The minimum atomic E-state index is -1.98. The predicted molar refractivity (Wildman–Crippen MR) is 360 cm³/mol. The second-order valence-electron chi connectivity index (χ2n) is 23.7. The van der Waals surface area contributed by atoms with Crippen LogP contribution in [0.3, 0.4) is 0 Å². The van der Waals surface area contributed by atoms with Gasteiger partial charge in [0.2, 0.25) is 53.2 Å². The summed E-state index contributed by atoms with van der Waals surface area (Å²) in [5.41, 5.74) is 16.7. The standard InChI is InChI=1S/C67H83FN14O12S2/c1-39-60(87)77-52(28-43-10-2-3-11-44(43)33-70)62(89)78-53(29-45-34-73-50-19-16-46(68)30-49(45)50)63(90)80-55(32-59(85)86)65(92)79-54(31-47-35-71-38-74-47)64(91)81-56(27-40-14-17-48(83)18-15-40)67(94)82-23-7-13-57(82)66(93)72-22-25-96-37-42-9-6-8-41(26-42)36-95-24-20-58(84)76-51(61(88)75-39)12-4-5-21-69/h2-3,6,8-11,14-19,26,30,34-35,38-39,51-57,73,83H,4-5,7,12-13,20-25,27-29,31-33,36-37,69-70H2,1H3,(H,71,74)(H,72,93)(H,75,88)(H,76,84)(H,77,87)(H,78,89)(H,79,92)(H,80,90)(H,81,91)(H,85,86)/t39-,51+,52+,53+,54+,55+,56+,57+/m1/s1. The average Bonchev–Trinajstić information content (AvgIpc) is 1.59. The lowest BCUT2D eigenvalue weighted by Crippen LogP contribution is -2.61. The van der Waals surface area contributed by atoms with Gasteiger partial charge in [-0.15, -0.1) is 0 Å². The summed E-state index contributed by atoms with van der Waals surface area (Å²) in [6.45, 7) is 2.19. The molecule has 512 valence electrons. The molecule has 26 nitrogen and oxygen atoms in total. The molecule has 29 heteroatoms. The van der Waals surface area contributed by atoms with Crippen LogP contribution >= 0.6 is 23.5 Å². The molecule has 0 aliphatic carbocycles. The number of hydrogen-bond donors (Lipinski definition) is 14. The van der Waals surface area contributed by atoms with E-state index in [0.29, 0.717) is 94.1 Å². The van der Waals surface area contributed by atoms with Gasteiger partial charge in [-0.05, 0) is 109 Å². The molecule has 1 fully saturated rings. The maximum absolute atomic E-state index is 15.0. The van der Waals surface area contributed by atoms with Gasteiger partial charge in [0.05, 0.1) is 12.7 Å². The number of phenolic OH excluding ortho intramolecular Hbond substituents is 1. The Morgan fingerprint density at radius 1 is 0.646 bits per heavy atom. The lowest BCUT2D eigenvalue weighted by Gasteiger charge is -2.30. The van der Waals surface area contributed by atoms with Crippen molar-refractivity contribution in [2.75, 3.05) is 31.1 Å². The van der Waals surface area contributed by atoms with E-state index < -0.39 is 126 Å². The third-order valence-corrected chi connectivity index (χ3v) is 18.6. The molecule has 2 aromatic heterocycles. The van der Waals surface area contributed by atoms with Gasteiger partial charge in [0.15, 0.2) is 0 Å². The number of hydrogen-bond acceptors (Lipinski definition) is 16. The first-order chi connectivity index (χ1) is 46.2. The fourth-order valence-corrected chi connectivity index (χ4v) is 13.1. The smallest absolute Gasteiger partial charge is 0.305 e. The lowest BCUT2D eigenvalue weighted by molar-refractivity contribution is -0.142. The molecule has 16 N–H and O–H groups in total. The van der Waals surface area contributed by atoms with Crippen LogP contribution in [0.4, 0.5) is 4.39 Å². The topological polar surface area (TPSA) is 407 Å². The lowest BCUT2D eigenvalue weighted by atomic mass is 9.98. The zero-order valence-corrected chi connectivity index (χ0v) is 54.8. The number of nitrogens with zero attached hydrogens (tertiary/aromatic N) is 2. The van der Waals surface area contributed by atoms with Gasteiger partial charge in [-0.2, -0.15) is 23.5 Å². The highest BCUT2D eigenvalue weighted by Gasteiger charge is 2.40. The number of carboxylic acids is 1.